The second-order valence-corrected chi connectivity index (χ2v) is 7.41. The maximum atomic E-state index is 12.5. The number of aryl methyl sites for hydroxylation is 1. The molecule has 6 heteroatoms. The molecule has 2 amide bonds. The molecule has 0 aliphatic carbocycles. The Balaban J connectivity index is 1.69. The van der Waals surface area contributed by atoms with E-state index in [9.17, 15) is 9.59 Å². The number of carbonyl (C=O) groups is 2. The summed E-state index contributed by atoms with van der Waals surface area (Å²) in [6, 6.07) is 7.88. The molecular formula is C21H32N2O4. The van der Waals surface area contributed by atoms with Crippen molar-refractivity contribution in [2.45, 2.75) is 40.0 Å². The third-order valence-corrected chi connectivity index (χ3v) is 4.53. The molecule has 1 fully saturated rings. The zero-order chi connectivity index (χ0) is 19.6. The predicted molar refractivity (Wildman–Crippen MR) is 105 cm³/mol. The summed E-state index contributed by atoms with van der Waals surface area (Å²) in [6.07, 6.45) is 1.65. The fraction of sp³-hybridized carbons (Fsp3) is 0.619. The van der Waals surface area contributed by atoms with Crippen LogP contribution in [0.2, 0.25) is 0 Å². The number of para-hydroxylation sites is 1. The van der Waals surface area contributed by atoms with Crippen molar-refractivity contribution < 1.29 is 19.1 Å². The fourth-order valence-electron chi connectivity index (χ4n) is 2.96. The highest BCUT2D eigenvalue weighted by Crippen LogP contribution is 2.16. The Kier molecular flexibility index (Phi) is 8.43. The van der Waals surface area contributed by atoms with E-state index in [0.717, 1.165) is 17.7 Å². The molecule has 0 radical (unpaired) electrons. The number of amides is 2. The van der Waals surface area contributed by atoms with Crippen molar-refractivity contribution in [1.82, 2.24) is 9.80 Å². The number of ether oxygens (including phenoxy) is 2. The molecule has 6 nitrogen and oxygen atoms in total. The Morgan fingerprint density at radius 1 is 1.07 bits per heavy atom. The number of benzene rings is 1. The van der Waals surface area contributed by atoms with Gasteiger partial charge >= 0.3 is 6.09 Å². The molecular weight excluding hydrogens is 344 g/mol. The first-order valence-corrected chi connectivity index (χ1v) is 9.85. The van der Waals surface area contributed by atoms with Crippen molar-refractivity contribution in [2.75, 3.05) is 39.4 Å². The third-order valence-electron chi connectivity index (χ3n) is 4.53. The summed E-state index contributed by atoms with van der Waals surface area (Å²) >= 11 is 0. The van der Waals surface area contributed by atoms with E-state index in [4.69, 9.17) is 9.47 Å². The van der Waals surface area contributed by atoms with Crippen LogP contribution in [0.4, 0.5) is 4.79 Å². The minimum absolute atomic E-state index is 0.126. The summed E-state index contributed by atoms with van der Waals surface area (Å²) in [6.45, 7) is 9.41. The highest BCUT2D eigenvalue weighted by molar-refractivity contribution is 5.76. The predicted octanol–water partition coefficient (Wildman–Crippen LogP) is 3.48. The number of hydrogen-bond donors (Lipinski definition) is 0. The highest BCUT2D eigenvalue weighted by atomic mass is 16.6. The molecule has 0 saturated carbocycles. The second-order valence-electron chi connectivity index (χ2n) is 7.41. The Morgan fingerprint density at radius 2 is 1.78 bits per heavy atom. The van der Waals surface area contributed by atoms with Gasteiger partial charge in [0.05, 0.1) is 13.2 Å². The van der Waals surface area contributed by atoms with E-state index in [0.29, 0.717) is 58.2 Å². The Bertz CT molecular complexity index is 618. The Labute approximate surface area is 162 Å². The van der Waals surface area contributed by atoms with Crippen molar-refractivity contribution in [3.63, 3.8) is 0 Å². The number of rotatable bonds is 7. The average Bonchev–Trinajstić information content (AvgIpc) is 2.90. The molecule has 0 bridgehead atoms. The van der Waals surface area contributed by atoms with Crippen LogP contribution in [-0.4, -0.2) is 61.2 Å². The number of nitrogens with zero attached hydrogens (tertiary/aromatic N) is 2. The molecule has 0 aromatic heterocycles. The van der Waals surface area contributed by atoms with Gasteiger partial charge in [0.2, 0.25) is 5.91 Å². The van der Waals surface area contributed by atoms with Gasteiger partial charge in [-0.2, -0.15) is 0 Å². The van der Waals surface area contributed by atoms with Crippen LogP contribution in [0.1, 0.15) is 38.7 Å². The molecule has 1 aromatic rings. The minimum atomic E-state index is -0.273. The molecule has 2 rings (SSSR count). The van der Waals surface area contributed by atoms with Gasteiger partial charge in [0.15, 0.2) is 0 Å². The van der Waals surface area contributed by atoms with Gasteiger partial charge in [0.1, 0.15) is 5.75 Å². The molecule has 1 aliphatic rings. The van der Waals surface area contributed by atoms with Crippen molar-refractivity contribution in [3.05, 3.63) is 29.8 Å². The molecule has 1 aliphatic heterocycles. The first kappa shape index (κ1) is 21.1. The van der Waals surface area contributed by atoms with Crippen LogP contribution in [0.25, 0.3) is 0 Å². The van der Waals surface area contributed by atoms with E-state index in [1.807, 2.05) is 49.9 Å². The van der Waals surface area contributed by atoms with E-state index >= 15 is 0 Å². The summed E-state index contributed by atoms with van der Waals surface area (Å²) < 4.78 is 11.0. The topological polar surface area (TPSA) is 59.1 Å². The lowest BCUT2D eigenvalue weighted by molar-refractivity contribution is -0.131. The molecule has 0 N–H and O–H groups in total. The summed E-state index contributed by atoms with van der Waals surface area (Å²) in [5, 5.41) is 0. The standard InChI is InChI=1S/C21H32N2O4/c1-17(2)16-27-21(25)23-12-7-11-22(13-14-23)20(24)10-6-15-26-19-9-5-4-8-18(19)3/h4-5,8-9,17H,6-7,10-16H2,1-3H3. The van der Waals surface area contributed by atoms with Gasteiger partial charge in [-0.05, 0) is 37.3 Å². The molecule has 0 atom stereocenters. The first-order valence-electron chi connectivity index (χ1n) is 9.85. The molecule has 1 saturated heterocycles. The molecule has 0 spiro atoms. The molecule has 1 heterocycles. The van der Waals surface area contributed by atoms with Gasteiger partial charge in [-0.1, -0.05) is 32.0 Å². The molecule has 1 aromatic carbocycles. The van der Waals surface area contributed by atoms with Gasteiger partial charge in [0, 0.05) is 32.6 Å². The molecule has 150 valence electrons. The minimum Gasteiger partial charge on any atom is -0.493 e. The van der Waals surface area contributed by atoms with Crippen LogP contribution in [0.3, 0.4) is 0 Å². The average molecular weight is 376 g/mol. The van der Waals surface area contributed by atoms with E-state index < -0.39 is 0 Å². The quantitative estimate of drug-likeness (QED) is 0.684. The zero-order valence-electron chi connectivity index (χ0n) is 16.8. The Hall–Kier alpha value is -2.24. The monoisotopic (exact) mass is 376 g/mol. The highest BCUT2D eigenvalue weighted by Gasteiger charge is 2.22. The van der Waals surface area contributed by atoms with Crippen molar-refractivity contribution >= 4 is 12.0 Å². The normalized spacial score (nSPS) is 14.8. The lowest BCUT2D eigenvalue weighted by atomic mass is 10.2. The summed E-state index contributed by atoms with van der Waals surface area (Å²) in [5.74, 6) is 1.32. The van der Waals surface area contributed by atoms with Gasteiger partial charge in [-0.15, -0.1) is 0 Å². The number of hydrogen-bond acceptors (Lipinski definition) is 4. The molecule has 0 unspecified atom stereocenters. The zero-order valence-corrected chi connectivity index (χ0v) is 16.8. The van der Waals surface area contributed by atoms with Crippen molar-refractivity contribution in [2.24, 2.45) is 5.92 Å². The van der Waals surface area contributed by atoms with Gasteiger partial charge < -0.3 is 19.3 Å². The van der Waals surface area contributed by atoms with Crippen LogP contribution in [0, 0.1) is 12.8 Å². The lowest BCUT2D eigenvalue weighted by Crippen LogP contribution is -2.38. The summed E-state index contributed by atoms with van der Waals surface area (Å²) in [5.41, 5.74) is 1.10. The van der Waals surface area contributed by atoms with E-state index in [1.165, 1.54) is 0 Å². The van der Waals surface area contributed by atoms with Crippen LogP contribution in [-0.2, 0) is 9.53 Å². The third kappa shape index (κ3) is 7.12. The smallest absolute Gasteiger partial charge is 0.409 e. The fourth-order valence-corrected chi connectivity index (χ4v) is 2.96. The van der Waals surface area contributed by atoms with Crippen LogP contribution >= 0.6 is 0 Å². The van der Waals surface area contributed by atoms with Gasteiger partial charge in [-0.3, -0.25) is 4.79 Å². The van der Waals surface area contributed by atoms with Gasteiger partial charge in [0.25, 0.3) is 0 Å². The van der Waals surface area contributed by atoms with E-state index in [2.05, 4.69) is 0 Å². The van der Waals surface area contributed by atoms with Crippen molar-refractivity contribution in [3.8, 4) is 5.75 Å². The van der Waals surface area contributed by atoms with Gasteiger partial charge in [-0.25, -0.2) is 4.79 Å². The summed E-state index contributed by atoms with van der Waals surface area (Å²) in [4.78, 5) is 28.1. The summed E-state index contributed by atoms with van der Waals surface area (Å²) in [7, 11) is 0. The van der Waals surface area contributed by atoms with Crippen molar-refractivity contribution in [1.29, 1.82) is 0 Å². The SMILES string of the molecule is Cc1ccccc1OCCCC(=O)N1CCCN(C(=O)OCC(C)C)CC1. The largest absolute Gasteiger partial charge is 0.493 e. The maximum Gasteiger partial charge on any atom is 0.409 e. The number of carbonyl (C=O) groups excluding carboxylic acids is 2. The van der Waals surface area contributed by atoms with Crippen LogP contribution in [0.15, 0.2) is 24.3 Å². The molecule has 27 heavy (non-hydrogen) atoms. The van der Waals surface area contributed by atoms with E-state index in [1.54, 1.807) is 4.90 Å². The lowest BCUT2D eigenvalue weighted by Gasteiger charge is -2.22. The second kappa shape index (κ2) is 10.8. The van der Waals surface area contributed by atoms with E-state index in [-0.39, 0.29) is 12.0 Å². The van der Waals surface area contributed by atoms with Crippen LogP contribution in [0.5, 0.6) is 5.75 Å². The van der Waals surface area contributed by atoms with Crippen LogP contribution < -0.4 is 4.74 Å². The first-order chi connectivity index (χ1) is 13.0. The maximum absolute atomic E-state index is 12.5. The Morgan fingerprint density at radius 3 is 2.52 bits per heavy atom.